The molecule has 1 aromatic heterocycles. The van der Waals surface area contributed by atoms with Gasteiger partial charge in [0.15, 0.2) is 0 Å². The molecule has 1 aliphatic rings. The summed E-state index contributed by atoms with van der Waals surface area (Å²) in [4.78, 5) is 2.26. The van der Waals surface area contributed by atoms with Gasteiger partial charge in [-0.2, -0.15) is 0 Å². The molecule has 0 atom stereocenters. The van der Waals surface area contributed by atoms with Crippen molar-refractivity contribution in [3.05, 3.63) is 54.6 Å². The van der Waals surface area contributed by atoms with Gasteiger partial charge in [0.2, 0.25) is 0 Å². The normalized spacial score (nSPS) is 15.1. The fourth-order valence-corrected chi connectivity index (χ4v) is 3.35. The Labute approximate surface area is 124 Å². The molecule has 0 bridgehead atoms. The zero-order valence-corrected chi connectivity index (χ0v) is 12.2. The molecule has 0 fully saturated rings. The Morgan fingerprint density at radius 3 is 2.90 bits per heavy atom. The van der Waals surface area contributed by atoms with E-state index >= 15 is 0 Å². The number of para-hydroxylation sites is 1. The number of ether oxygens (including phenoxy) is 1. The van der Waals surface area contributed by atoms with E-state index in [0.29, 0.717) is 6.73 Å². The number of aromatic nitrogens is 1. The third kappa shape index (κ3) is 1.78. The summed E-state index contributed by atoms with van der Waals surface area (Å²) in [6.07, 6.45) is 1.93. The maximum atomic E-state index is 5.91. The van der Waals surface area contributed by atoms with E-state index in [2.05, 4.69) is 59.5 Å². The van der Waals surface area contributed by atoms with Crippen LogP contribution >= 0.6 is 0 Å². The monoisotopic (exact) mass is 278 g/mol. The van der Waals surface area contributed by atoms with Crippen LogP contribution in [0, 0.1) is 0 Å². The van der Waals surface area contributed by atoms with Crippen molar-refractivity contribution in [3.8, 4) is 5.75 Å². The summed E-state index contributed by atoms with van der Waals surface area (Å²) in [7, 11) is 2.14. The zero-order valence-electron chi connectivity index (χ0n) is 12.2. The minimum Gasteiger partial charge on any atom is -0.478 e. The summed E-state index contributed by atoms with van der Waals surface area (Å²) in [5.74, 6) is 1.01. The molecule has 3 heteroatoms. The highest BCUT2D eigenvalue weighted by atomic mass is 16.5. The Bertz CT molecular complexity index is 847. The van der Waals surface area contributed by atoms with E-state index in [1.165, 1.54) is 27.4 Å². The van der Waals surface area contributed by atoms with Crippen LogP contribution < -0.4 is 4.74 Å². The van der Waals surface area contributed by atoms with Crippen molar-refractivity contribution in [1.29, 1.82) is 0 Å². The van der Waals surface area contributed by atoms with Crippen LogP contribution in [0.5, 0.6) is 5.75 Å². The Morgan fingerprint density at radius 2 is 2.05 bits per heavy atom. The molecule has 0 radical (unpaired) electrons. The predicted molar refractivity (Wildman–Crippen MR) is 86.5 cm³/mol. The first-order valence-electron chi connectivity index (χ1n) is 7.24. The molecule has 2 heterocycles. The summed E-state index contributed by atoms with van der Waals surface area (Å²) >= 11 is 0. The fraction of sp³-hybridized carbons (Fsp3) is 0.222. The van der Waals surface area contributed by atoms with Crippen molar-refractivity contribution < 1.29 is 4.74 Å². The van der Waals surface area contributed by atoms with Crippen LogP contribution in [0.1, 0.15) is 5.56 Å². The molecule has 3 aromatic rings. The second-order valence-corrected chi connectivity index (χ2v) is 5.59. The van der Waals surface area contributed by atoms with Crippen molar-refractivity contribution >= 4 is 21.8 Å². The van der Waals surface area contributed by atoms with Crippen LogP contribution in [0.3, 0.4) is 0 Å². The highest BCUT2D eigenvalue weighted by Crippen LogP contribution is 2.37. The summed E-state index contributed by atoms with van der Waals surface area (Å²) in [6.45, 7) is 6.21. The standard InChI is InChI=1S/C18H18N2O/c1-3-10-20-11-15-17(21-12-20)9-8-14-13-6-4-5-7-16(13)19(2)18(14)15/h3-9H,1,10-12H2,2H3. The van der Waals surface area contributed by atoms with Crippen LogP contribution in [0.2, 0.25) is 0 Å². The fourth-order valence-electron chi connectivity index (χ4n) is 3.35. The minimum absolute atomic E-state index is 0.633. The lowest BCUT2D eigenvalue weighted by molar-refractivity contribution is 0.108. The Morgan fingerprint density at radius 1 is 1.19 bits per heavy atom. The second-order valence-electron chi connectivity index (χ2n) is 5.59. The van der Waals surface area contributed by atoms with Crippen LogP contribution in [-0.2, 0) is 13.6 Å². The van der Waals surface area contributed by atoms with Crippen molar-refractivity contribution in [3.63, 3.8) is 0 Å². The van der Waals surface area contributed by atoms with E-state index in [1.807, 2.05) is 6.08 Å². The van der Waals surface area contributed by atoms with Gasteiger partial charge in [-0.05, 0) is 18.2 Å². The van der Waals surface area contributed by atoms with Crippen LogP contribution in [0.4, 0.5) is 0 Å². The lowest BCUT2D eigenvalue weighted by Crippen LogP contribution is -2.32. The quantitative estimate of drug-likeness (QED) is 0.665. The number of nitrogens with zero attached hydrogens (tertiary/aromatic N) is 2. The maximum Gasteiger partial charge on any atom is 0.142 e. The van der Waals surface area contributed by atoms with E-state index < -0.39 is 0 Å². The Kier molecular flexibility index (Phi) is 2.76. The third-order valence-electron chi connectivity index (χ3n) is 4.30. The number of benzene rings is 2. The van der Waals surface area contributed by atoms with Gasteiger partial charge in [-0.1, -0.05) is 24.3 Å². The largest absolute Gasteiger partial charge is 0.478 e. The number of hydrogen-bond acceptors (Lipinski definition) is 2. The van der Waals surface area contributed by atoms with Crippen molar-refractivity contribution in [2.24, 2.45) is 7.05 Å². The second kappa shape index (κ2) is 4.64. The third-order valence-corrected chi connectivity index (χ3v) is 4.30. The molecule has 0 spiro atoms. The summed E-state index contributed by atoms with van der Waals surface area (Å²) in [6, 6.07) is 12.8. The van der Waals surface area contributed by atoms with Crippen LogP contribution in [-0.4, -0.2) is 22.7 Å². The van der Waals surface area contributed by atoms with Gasteiger partial charge in [-0.3, -0.25) is 4.90 Å². The van der Waals surface area contributed by atoms with Crippen LogP contribution in [0.15, 0.2) is 49.1 Å². The van der Waals surface area contributed by atoms with Gasteiger partial charge in [-0.25, -0.2) is 0 Å². The van der Waals surface area contributed by atoms with Crippen molar-refractivity contribution in [2.75, 3.05) is 13.3 Å². The average molecular weight is 278 g/mol. The molecule has 0 unspecified atom stereocenters. The highest BCUT2D eigenvalue weighted by Gasteiger charge is 2.21. The van der Waals surface area contributed by atoms with Gasteiger partial charge >= 0.3 is 0 Å². The molecule has 4 rings (SSSR count). The topological polar surface area (TPSA) is 17.4 Å². The van der Waals surface area contributed by atoms with E-state index in [-0.39, 0.29) is 0 Å². The molecule has 106 valence electrons. The van der Waals surface area contributed by atoms with Gasteiger partial charge in [0.05, 0.1) is 5.52 Å². The van der Waals surface area contributed by atoms with E-state index in [1.54, 1.807) is 0 Å². The molecule has 21 heavy (non-hydrogen) atoms. The molecule has 0 N–H and O–H groups in total. The lowest BCUT2D eigenvalue weighted by Gasteiger charge is -2.28. The minimum atomic E-state index is 0.633. The first-order valence-corrected chi connectivity index (χ1v) is 7.24. The summed E-state index contributed by atoms with van der Waals surface area (Å²) in [5, 5.41) is 2.61. The molecule has 2 aromatic carbocycles. The van der Waals surface area contributed by atoms with E-state index in [4.69, 9.17) is 4.74 Å². The molecule has 3 nitrogen and oxygen atoms in total. The number of fused-ring (bicyclic) bond motifs is 5. The number of rotatable bonds is 2. The molecular formula is C18H18N2O. The van der Waals surface area contributed by atoms with Crippen molar-refractivity contribution in [1.82, 2.24) is 9.47 Å². The summed E-state index contributed by atoms with van der Waals surface area (Å²) in [5.41, 5.74) is 3.82. The molecule has 0 aliphatic carbocycles. The SMILES string of the molecule is C=CCN1COc2ccc3c4ccccc4n(C)c3c2C1. The van der Waals surface area contributed by atoms with Gasteiger partial charge in [0, 0.05) is 42.0 Å². The first-order chi connectivity index (χ1) is 10.3. The van der Waals surface area contributed by atoms with E-state index in [0.717, 1.165) is 18.8 Å². The Balaban J connectivity index is 2.00. The van der Waals surface area contributed by atoms with E-state index in [9.17, 15) is 0 Å². The average Bonchev–Trinajstić information content (AvgIpc) is 2.82. The van der Waals surface area contributed by atoms with Gasteiger partial charge in [-0.15, -0.1) is 6.58 Å². The van der Waals surface area contributed by atoms with Gasteiger partial charge < -0.3 is 9.30 Å². The van der Waals surface area contributed by atoms with Crippen molar-refractivity contribution in [2.45, 2.75) is 6.54 Å². The highest BCUT2D eigenvalue weighted by molar-refractivity contribution is 6.09. The smallest absolute Gasteiger partial charge is 0.142 e. The molecule has 0 amide bonds. The number of aryl methyl sites for hydroxylation is 1. The van der Waals surface area contributed by atoms with Gasteiger partial charge in [0.25, 0.3) is 0 Å². The lowest BCUT2D eigenvalue weighted by atomic mass is 10.1. The molecule has 0 saturated carbocycles. The van der Waals surface area contributed by atoms with Crippen LogP contribution in [0.25, 0.3) is 21.8 Å². The summed E-state index contributed by atoms with van der Waals surface area (Å²) < 4.78 is 8.19. The number of hydrogen-bond donors (Lipinski definition) is 0. The van der Waals surface area contributed by atoms with Gasteiger partial charge in [0.1, 0.15) is 12.5 Å². The Hall–Kier alpha value is -2.26. The zero-order chi connectivity index (χ0) is 14.4. The predicted octanol–water partition coefficient (Wildman–Crippen LogP) is 3.67. The first kappa shape index (κ1) is 12.5. The molecule has 0 saturated heterocycles. The molecular weight excluding hydrogens is 260 g/mol. The maximum absolute atomic E-state index is 5.91. The molecule has 1 aliphatic heterocycles.